The number of amides is 2. The maximum Gasteiger partial charge on any atom is 0.260 e. The number of nitrogens with one attached hydrogen (secondary N) is 2. The summed E-state index contributed by atoms with van der Waals surface area (Å²) in [5.74, 6) is -0.836. The molecule has 3 unspecified atom stereocenters. The van der Waals surface area contributed by atoms with Crippen molar-refractivity contribution in [2.24, 2.45) is 0 Å². The summed E-state index contributed by atoms with van der Waals surface area (Å²) in [6.07, 6.45) is 1.68. The number of aromatic amines is 1. The molecule has 1 saturated carbocycles. The molecule has 8 heteroatoms. The largest absolute Gasteiger partial charge is 0.377 e. The molecule has 2 aromatic rings. The van der Waals surface area contributed by atoms with E-state index in [2.05, 4.69) is 10.3 Å². The summed E-state index contributed by atoms with van der Waals surface area (Å²) >= 11 is 0. The third-order valence-corrected chi connectivity index (χ3v) is 5.22. The molecule has 160 valence electrons. The summed E-state index contributed by atoms with van der Waals surface area (Å²) in [4.78, 5) is 41.6. The molecule has 0 aliphatic heterocycles. The van der Waals surface area contributed by atoms with E-state index in [4.69, 9.17) is 9.47 Å². The minimum absolute atomic E-state index is 0.0512. The number of H-pyrrole nitrogens is 1. The van der Waals surface area contributed by atoms with Gasteiger partial charge in [-0.25, -0.2) is 0 Å². The Kier molecular flexibility index (Phi) is 7.02. The molecule has 3 atom stereocenters. The summed E-state index contributed by atoms with van der Waals surface area (Å²) in [6.45, 7) is 2.84. The van der Waals surface area contributed by atoms with Crippen molar-refractivity contribution < 1.29 is 19.1 Å². The molecule has 0 spiro atoms. The highest BCUT2D eigenvalue weighted by atomic mass is 16.5. The number of methoxy groups -OCH3 is 1. The number of carbonyl (C=O) groups is 2. The van der Waals surface area contributed by atoms with E-state index in [1.165, 1.54) is 17.2 Å². The molecule has 1 aromatic carbocycles. The van der Waals surface area contributed by atoms with E-state index in [9.17, 15) is 14.4 Å². The van der Waals surface area contributed by atoms with Crippen LogP contribution in [0.2, 0.25) is 0 Å². The number of nitrogens with zero attached hydrogens (tertiary/aromatic N) is 1. The van der Waals surface area contributed by atoms with Crippen molar-refractivity contribution in [1.29, 1.82) is 0 Å². The zero-order valence-corrected chi connectivity index (χ0v) is 17.4. The van der Waals surface area contributed by atoms with Gasteiger partial charge in [-0.1, -0.05) is 30.3 Å². The van der Waals surface area contributed by atoms with Crippen LogP contribution in [0.1, 0.15) is 39.6 Å². The van der Waals surface area contributed by atoms with Crippen LogP contribution >= 0.6 is 0 Å². The highest BCUT2D eigenvalue weighted by Gasteiger charge is 2.43. The Morgan fingerprint density at radius 2 is 2.00 bits per heavy atom. The molecule has 3 rings (SSSR count). The fraction of sp³-hybridized carbons (Fsp3) is 0.409. The third kappa shape index (κ3) is 4.77. The van der Waals surface area contributed by atoms with Crippen molar-refractivity contribution in [3.8, 4) is 0 Å². The highest BCUT2D eigenvalue weighted by Crippen LogP contribution is 2.27. The minimum Gasteiger partial charge on any atom is -0.377 e. The van der Waals surface area contributed by atoms with Crippen LogP contribution in [0.15, 0.2) is 47.4 Å². The van der Waals surface area contributed by atoms with Crippen molar-refractivity contribution in [3.63, 3.8) is 0 Å². The number of ether oxygens (including phenoxy) is 2. The Bertz CT molecular complexity index is 943. The van der Waals surface area contributed by atoms with Crippen LogP contribution in [-0.2, 0) is 16.0 Å². The lowest BCUT2D eigenvalue weighted by atomic mass is 9.85. The smallest absolute Gasteiger partial charge is 0.260 e. The standard InChI is InChI=1S/C22H27N3O5/c1-4-30-18-11-17(19(18)29-3)24-20(26)15-10-16(21(27)23-12-15)22(28)25(2)13-14-8-6-5-7-9-14/h5-10,12,17-19H,4,11,13H2,1-3H3,(H,23,27)(H,24,26). The van der Waals surface area contributed by atoms with Crippen molar-refractivity contribution >= 4 is 11.8 Å². The fourth-order valence-corrected chi connectivity index (χ4v) is 3.58. The fourth-order valence-electron chi connectivity index (χ4n) is 3.58. The van der Waals surface area contributed by atoms with Crippen molar-refractivity contribution in [3.05, 3.63) is 69.6 Å². The monoisotopic (exact) mass is 413 g/mol. The van der Waals surface area contributed by atoms with Gasteiger partial charge in [-0.05, 0) is 25.0 Å². The van der Waals surface area contributed by atoms with Gasteiger partial charge >= 0.3 is 0 Å². The minimum atomic E-state index is -0.536. The second-order valence-corrected chi connectivity index (χ2v) is 7.29. The van der Waals surface area contributed by atoms with Gasteiger partial charge in [-0.15, -0.1) is 0 Å². The Morgan fingerprint density at radius 1 is 1.27 bits per heavy atom. The first-order chi connectivity index (χ1) is 14.4. The molecule has 1 aromatic heterocycles. The van der Waals surface area contributed by atoms with Crippen LogP contribution in [0.4, 0.5) is 0 Å². The summed E-state index contributed by atoms with van der Waals surface area (Å²) < 4.78 is 11.0. The summed E-state index contributed by atoms with van der Waals surface area (Å²) in [5, 5.41) is 2.89. The number of carbonyl (C=O) groups excluding carboxylic acids is 2. The van der Waals surface area contributed by atoms with Gasteiger partial charge in [0.15, 0.2) is 0 Å². The van der Waals surface area contributed by atoms with Crippen LogP contribution in [0.5, 0.6) is 0 Å². The zero-order valence-electron chi connectivity index (χ0n) is 17.4. The van der Waals surface area contributed by atoms with Crippen LogP contribution < -0.4 is 10.9 Å². The highest BCUT2D eigenvalue weighted by molar-refractivity contribution is 5.99. The molecule has 1 aliphatic rings. The molecule has 0 saturated heterocycles. The summed E-state index contributed by atoms with van der Waals surface area (Å²) in [7, 11) is 3.20. The normalized spacial score (nSPS) is 20.3. The Morgan fingerprint density at radius 3 is 2.67 bits per heavy atom. The summed E-state index contributed by atoms with van der Waals surface area (Å²) in [5.41, 5.74) is 0.537. The zero-order chi connectivity index (χ0) is 21.7. The number of aromatic nitrogens is 1. The summed E-state index contributed by atoms with van der Waals surface area (Å²) in [6, 6.07) is 10.6. The van der Waals surface area contributed by atoms with Crippen LogP contribution in [-0.4, -0.2) is 60.7 Å². The average molecular weight is 413 g/mol. The lowest BCUT2D eigenvalue weighted by Crippen LogP contribution is -2.61. The Hall–Kier alpha value is -2.97. The number of hydrogen-bond acceptors (Lipinski definition) is 5. The van der Waals surface area contributed by atoms with Gasteiger partial charge in [0.05, 0.1) is 17.7 Å². The third-order valence-electron chi connectivity index (χ3n) is 5.22. The van der Waals surface area contributed by atoms with E-state index < -0.39 is 11.5 Å². The van der Waals surface area contributed by atoms with Crippen LogP contribution in [0.3, 0.4) is 0 Å². The number of hydrogen-bond donors (Lipinski definition) is 2. The topological polar surface area (TPSA) is 101 Å². The number of pyridine rings is 1. The van der Waals surface area contributed by atoms with Crippen molar-refractivity contribution in [1.82, 2.24) is 15.2 Å². The van der Waals surface area contributed by atoms with Crippen molar-refractivity contribution in [2.45, 2.75) is 38.1 Å². The van der Waals surface area contributed by atoms with E-state index in [-0.39, 0.29) is 35.3 Å². The molecule has 2 N–H and O–H groups in total. The van der Waals surface area contributed by atoms with E-state index in [0.29, 0.717) is 19.6 Å². The molecular formula is C22H27N3O5. The van der Waals surface area contributed by atoms with E-state index in [1.807, 2.05) is 37.3 Å². The van der Waals surface area contributed by atoms with Gasteiger partial charge < -0.3 is 24.7 Å². The Balaban J connectivity index is 1.69. The van der Waals surface area contributed by atoms with Crippen molar-refractivity contribution in [2.75, 3.05) is 20.8 Å². The molecule has 1 aliphatic carbocycles. The van der Waals surface area contributed by atoms with Gasteiger partial charge in [0.2, 0.25) is 0 Å². The average Bonchev–Trinajstić information content (AvgIpc) is 2.73. The first kappa shape index (κ1) is 21.7. The molecular weight excluding hydrogens is 386 g/mol. The second kappa shape index (κ2) is 9.69. The first-order valence-corrected chi connectivity index (χ1v) is 9.92. The van der Waals surface area contributed by atoms with Crippen LogP contribution in [0, 0.1) is 0 Å². The lowest BCUT2D eigenvalue weighted by molar-refractivity contribution is -0.128. The first-order valence-electron chi connectivity index (χ1n) is 9.92. The maximum absolute atomic E-state index is 12.8. The second-order valence-electron chi connectivity index (χ2n) is 7.29. The molecule has 1 heterocycles. The predicted molar refractivity (Wildman–Crippen MR) is 111 cm³/mol. The molecule has 8 nitrogen and oxygen atoms in total. The van der Waals surface area contributed by atoms with Gasteiger partial charge in [-0.3, -0.25) is 14.4 Å². The predicted octanol–water partition coefficient (Wildman–Crippen LogP) is 1.57. The maximum atomic E-state index is 12.8. The SMILES string of the molecule is CCOC1CC(NC(=O)c2c[nH]c(=O)c(C(=O)N(C)Cc3ccccc3)c2)C1OC. The number of rotatable bonds is 8. The molecule has 2 amide bonds. The quantitative estimate of drug-likeness (QED) is 0.684. The van der Waals surface area contributed by atoms with Gasteiger partial charge in [0.25, 0.3) is 17.4 Å². The molecule has 0 radical (unpaired) electrons. The van der Waals surface area contributed by atoms with Gasteiger partial charge in [0.1, 0.15) is 11.7 Å². The molecule has 1 fully saturated rings. The van der Waals surface area contributed by atoms with E-state index >= 15 is 0 Å². The van der Waals surface area contributed by atoms with E-state index in [1.54, 1.807) is 14.2 Å². The Labute approximate surface area is 175 Å². The molecule has 30 heavy (non-hydrogen) atoms. The van der Waals surface area contributed by atoms with Crippen LogP contribution in [0.25, 0.3) is 0 Å². The van der Waals surface area contributed by atoms with Gasteiger partial charge in [-0.2, -0.15) is 0 Å². The lowest BCUT2D eigenvalue weighted by Gasteiger charge is -2.43. The van der Waals surface area contributed by atoms with Gasteiger partial charge in [0, 0.05) is 33.5 Å². The number of benzene rings is 1. The molecule has 0 bridgehead atoms. The van der Waals surface area contributed by atoms with E-state index in [0.717, 1.165) is 5.56 Å².